The van der Waals surface area contributed by atoms with E-state index >= 15 is 0 Å². The summed E-state index contributed by atoms with van der Waals surface area (Å²) in [7, 11) is 3.52. The summed E-state index contributed by atoms with van der Waals surface area (Å²) < 4.78 is 10.9. The van der Waals surface area contributed by atoms with Gasteiger partial charge in [0.1, 0.15) is 11.9 Å². The van der Waals surface area contributed by atoms with Crippen LogP contribution in [0.3, 0.4) is 0 Å². The van der Waals surface area contributed by atoms with Crippen LogP contribution in [-0.4, -0.2) is 68.1 Å². The monoisotopic (exact) mass is 334 g/mol. The molecule has 0 N–H and O–H groups in total. The van der Waals surface area contributed by atoms with Crippen LogP contribution in [-0.2, 0) is 9.53 Å². The Morgan fingerprint density at radius 1 is 1.17 bits per heavy atom. The lowest BCUT2D eigenvalue weighted by Gasteiger charge is -2.31. The minimum Gasteiger partial charge on any atom is -0.494 e. The fourth-order valence-electron chi connectivity index (χ4n) is 2.59. The molecule has 24 heavy (non-hydrogen) atoms. The Morgan fingerprint density at radius 3 is 2.33 bits per heavy atom. The summed E-state index contributed by atoms with van der Waals surface area (Å²) in [6.07, 6.45) is 1.42. The van der Waals surface area contributed by atoms with Gasteiger partial charge in [-0.3, -0.25) is 9.69 Å². The first-order valence-electron chi connectivity index (χ1n) is 8.36. The summed E-state index contributed by atoms with van der Waals surface area (Å²) in [5, 5.41) is 0. The molecule has 0 bridgehead atoms. The van der Waals surface area contributed by atoms with Gasteiger partial charge in [0, 0.05) is 27.2 Å². The average molecular weight is 334 g/mol. The van der Waals surface area contributed by atoms with E-state index in [0.717, 1.165) is 31.7 Å². The van der Waals surface area contributed by atoms with Crippen LogP contribution in [0, 0.1) is 0 Å². The van der Waals surface area contributed by atoms with Crippen molar-refractivity contribution in [3.63, 3.8) is 0 Å². The molecular formula is C18H26N2O4. The number of carbonyl (C=O) groups is 2. The third-order valence-corrected chi connectivity index (χ3v) is 4.07. The van der Waals surface area contributed by atoms with Crippen LogP contribution in [0.5, 0.6) is 5.75 Å². The van der Waals surface area contributed by atoms with E-state index < -0.39 is 0 Å². The number of likely N-dealkylation sites (tertiary alicyclic amines) is 1. The number of likely N-dealkylation sites (N-methyl/N-ethyl adjacent to an activating group) is 1. The van der Waals surface area contributed by atoms with Crippen molar-refractivity contribution in [3.8, 4) is 5.75 Å². The average Bonchev–Trinajstić information content (AvgIpc) is 2.57. The van der Waals surface area contributed by atoms with Gasteiger partial charge in [0.25, 0.3) is 0 Å². The largest absolute Gasteiger partial charge is 0.494 e. The van der Waals surface area contributed by atoms with Gasteiger partial charge in [-0.1, -0.05) is 0 Å². The van der Waals surface area contributed by atoms with Gasteiger partial charge in [-0.25, -0.2) is 4.79 Å². The number of hydrogen-bond donors (Lipinski definition) is 0. The van der Waals surface area contributed by atoms with Gasteiger partial charge in [-0.05, 0) is 44.0 Å². The van der Waals surface area contributed by atoms with Crippen LogP contribution >= 0.6 is 0 Å². The van der Waals surface area contributed by atoms with Gasteiger partial charge in [0.15, 0.2) is 0 Å². The zero-order chi connectivity index (χ0) is 17.5. The van der Waals surface area contributed by atoms with Gasteiger partial charge in [0.2, 0.25) is 5.91 Å². The molecule has 0 spiro atoms. The molecule has 0 atom stereocenters. The number of ether oxygens (including phenoxy) is 2. The normalized spacial score (nSPS) is 15.8. The first-order chi connectivity index (χ1) is 11.5. The number of amides is 1. The second kappa shape index (κ2) is 8.68. The third kappa shape index (κ3) is 5.23. The van der Waals surface area contributed by atoms with Crippen molar-refractivity contribution in [1.82, 2.24) is 9.80 Å². The minimum absolute atomic E-state index is 0.0882. The minimum atomic E-state index is -0.305. The quantitative estimate of drug-likeness (QED) is 0.743. The van der Waals surface area contributed by atoms with Crippen LogP contribution in [0.15, 0.2) is 24.3 Å². The highest BCUT2D eigenvalue weighted by atomic mass is 16.5. The molecule has 0 saturated carbocycles. The van der Waals surface area contributed by atoms with E-state index in [9.17, 15) is 9.59 Å². The maximum absolute atomic E-state index is 12.2. The first-order valence-corrected chi connectivity index (χ1v) is 8.36. The number of nitrogens with zero attached hydrogens (tertiary/aromatic N) is 2. The van der Waals surface area contributed by atoms with Crippen LogP contribution in [0.4, 0.5) is 0 Å². The third-order valence-electron chi connectivity index (χ3n) is 4.07. The molecule has 2 rings (SSSR count). The molecule has 0 radical (unpaired) electrons. The van der Waals surface area contributed by atoms with Gasteiger partial charge in [-0.15, -0.1) is 0 Å². The number of benzene rings is 1. The molecule has 1 aromatic rings. The van der Waals surface area contributed by atoms with Crippen molar-refractivity contribution in [2.75, 3.05) is 40.3 Å². The van der Waals surface area contributed by atoms with E-state index in [4.69, 9.17) is 9.47 Å². The van der Waals surface area contributed by atoms with Gasteiger partial charge in [-0.2, -0.15) is 0 Å². The molecule has 1 aromatic carbocycles. The van der Waals surface area contributed by atoms with E-state index in [1.807, 2.05) is 6.92 Å². The standard InChI is InChI=1S/C18H26N2O4/c1-4-23-15-7-5-14(6-8-15)18(22)24-16-9-11-20(12-10-16)13-17(21)19(2)3/h5-8,16H,4,9-13H2,1-3H3. The lowest BCUT2D eigenvalue weighted by Crippen LogP contribution is -2.43. The van der Waals surface area contributed by atoms with Crippen molar-refractivity contribution in [2.24, 2.45) is 0 Å². The summed E-state index contributed by atoms with van der Waals surface area (Å²) in [4.78, 5) is 27.6. The maximum atomic E-state index is 12.2. The van der Waals surface area contributed by atoms with Gasteiger partial charge >= 0.3 is 5.97 Å². The molecule has 132 valence electrons. The van der Waals surface area contributed by atoms with Crippen LogP contribution in [0.25, 0.3) is 0 Å². The van der Waals surface area contributed by atoms with E-state index in [2.05, 4.69) is 4.90 Å². The number of piperidine rings is 1. The van der Waals surface area contributed by atoms with Crippen molar-refractivity contribution in [2.45, 2.75) is 25.9 Å². The van der Waals surface area contributed by atoms with Crippen LogP contribution in [0.1, 0.15) is 30.1 Å². The molecule has 1 saturated heterocycles. The molecule has 0 aromatic heterocycles. The molecule has 1 amide bonds. The Hall–Kier alpha value is -2.08. The molecule has 1 aliphatic rings. The molecule has 1 aliphatic heterocycles. The SMILES string of the molecule is CCOc1ccc(C(=O)OC2CCN(CC(=O)N(C)C)CC2)cc1. The summed E-state index contributed by atoms with van der Waals surface area (Å²) in [6, 6.07) is 6.99. The Balaban J connectivity index is 1.78. The molecule has 6 nitrogen and oxygen atoms in total. The number of carbonyl (C=O) groups excluding carboxylic acids is 2. The van der Waals surface area contributed by atoms with E-state index in [-0.39, 0.29) is 18.0 Å². The predicted molar refractivity (Wildman–Crippen MR) is 91.2 cm³/mol. The molecule has 1 heterocycles. The van der Waals surface area contributed by atoms with Crippen molar-refractivity contribution in [1.29, 1.82) is 0 Å². The zero-order valence-electron chi connectivity index (χ0n) is 14.7. The van der Waals surface area contributed by atoms with Crippen LogP contribution in [0.2, 0.25) is 0 Å². The Morgan fingerprint density at radius 2 is 1.79 bits per heavy atom. The zero-order valence-corrected chi connectivity index (χ0v) is 14.7. The van der Waals surface area contributed by atoms with Crippen LogP contribution < -0.4 is 4.74 Å². The predicted octanol–water partition coefficient (Wildman–Crippen LogP) is 1.79. The highest BCUT2D eigenvalue weighted by molar-refractivity contribution is 5.89. The first kappa shape index (κ1) is 18.3. The Labute approximate surface area is 143 Å². The number of rotatable bonds is 6. The Bertz CT molecular complexity index is 549. The van der Waals surface area contributed by atoms with Crippen molar-refractivity contribution in [3.05, 3.63) is 29.8 Å². The highest BCUT2D eigenvalue weighted by Gasteiger charge is 2.24. The number of hydrogen-bond acceptors (Lipinski definition) is 5. The lowest BCUT2D eigenvalue weighted by molar-refractivity contribution is -0.130. The summed E-state index contributed by atoms with van der Waals surface area (Å²) in [6.45, 7) is 4.47. The molecular weight excluding hydrogens is 308 g/mol. The smallest absolute Gasteiger partial charge is 0.338 e. The lowest BCUT2D eigenvalue weighted by atomic mass is 10.1. The molecule has 1 fully saturated rings. The maximum Gasteiger partial charge on any atom is 0.338 e. The van der Waals surface area contributed by atoms with Crippen molar-refractivity contribution >= 4 is 11.9 Å². The number of esters is 1. The summed E-state index contributed by atoms with van der Waals surface area (Å²) >= 11 is 0. The summed E-state index contributed by atoms with van der Waals surface area (Å²) in [5.74, 6) is 0.536. The molecule has 6 heteroatoms. The second-order valence-corrected chi connectivity index (χ2v) is 6.13. The second-order valence-electron chi connectivity index (χ2n) is 6.13. The fourth-order valence-corrected chi connectivity index (χ4v) is 2.59. The van der Waals surface area contributed by atoms with E-state index in [0.29, 0.717) is 18.7 Å². The topological polar surface area (TPSA) is 59.1 Å². The van der Waals surface area contributed by atoms with E-state index in [1.54, 1.807) is 43.3 Å². The molecule has 0 aliphatic carbocycles. The van der Waals surface area contributed by atoms with Crippen molar-refractivity contribution < 1.29 is 19.1 Å². The Kier molecular flexibility index (Phi) is 6.61. The highest BCUT2D eigenvalue weighted by Crippen LogP contribution is 2.17. The van der Waals surface area contributed by atoms with Gasteiger partial charge in [0.05, 0.1) is 18.7 Å². The van der Waals surface area contributed by atoms with E-state index in [1.165, 1.54) is 0 Å². The van der Waals surface area contributed by atoms with Gasteiger partial charge < -0.3 is 14.4 Å². The molecule has 0 unspecified atom stereocenters. The summed E-state index contributed by atoms with van der Waals surface area (Å²) in [5.41, 5.74) is 0.531. The fraction of sp³-hybridized carbons (Fsp3) is 0.556.